The summed E-state index contributed by atoms with van der Waals surface area (Å²) >= 11 is 1.49. The number of amides is 1. The third kappa shape index (κ3) is 3.45. The van der Waals surface area contributed by atoms with Gasteiger partial charge in [0.15, 0.2) is 0 Å². The van der Waals surface area contributed by atoms with E-state index in [4.69, 9.17) is 0 Å². The molecule has 0 N–H and O–H groups in total. The average molecular weight is 389 g/mol. The molecule has 3 nitrogen and oxygen atoms in total. The first kappa shape index (κ1) is 18.8. The first-order chi connectivity index (χ1) is 13.3. The van der Waals surface area contributed by atoms with Crippen molar-refractivity contribution in [2.45, 2.75) is 38.3 Å². The Kier molecular flexibility index (Phi) is 4.76. The van der Waals surface area contributed by atoms with E-state index in [-0.39, 0.29) is 11.4 Å². The Morgan fingerprint density at radius 2 is 1.86 bits per heavy atom. The van der Waals surface area contributed by atoms with E-state index >= 15 is 0 Å². The van der Waals surface area contributed by atoms with E-state index in [0.717, 1.165) is 32.7 Å². The number of benzene rings is 2. The van der Waals surface area contributed by atoms with Gasteiger partial charge < -0.3 is 4.90 Å². The number of carbonyl (C=O) groups is 1. The number of pyridine rings is 1. The van der Waals surface area contributed by atoms with Crippen molar-refractivity contribution >= 4 is 39.8 Å². The van der Waals surface area contributed by atoms with Crippen LogP contribution in [-0.2, 0) is 4.79 Å². The molecule has 142 valence electrons. The van der Waals surface area contributed by atoms with Crippen molar-refractivity contribution in [1.82, 2.24) is 4.98 Å². The van der Waals surface area contributed by atoms with Crippen LogP contribution in [0.4, 0.5) is 5.69 Å². The van der Waals surface area contributed by atoms with Crippen LogP contribution in [0, 0.1) is 6.92 Å². The Morgan fingerprint density at radius 3 is 2.68 bits per heavy atom. The van der Waals surface area contributed by atoms with Gasteiger partial charge in [-0.1, -0.05) is 54.2 Å². The summed E-state index contributed by atoms with van der Waals surface area (Å²) in [5.41, 5.74) is 5.10. The number of hydrogen-bond donors (Lipinski definition) is 0. The smallest absolute Gasteiger partial charge is 0.238 e. The van der Waals surface area contributed by atoms with E-state index in [9.17, 15) is 4.79 Å². The molecule has 0 unspecified atom stereocenters. The highest BCUT2D eigenvalue weighted by Gasteiger charge is 2.35. The fourth-order valence-corrected chi connectivity index (χ4v) is 4.65. The number of nitrogens with zero attached hydrogens (tertiary/aromatic N) is 2. The lowest BCUT2D eigenvalue weighted by Crippen LogP contribution is -2.49. The Morgan fingerprint density at radius 1 is 1.07 bits per heavy atom. The Bertz CT molecular complexity index is 1100. The first-order valence-corrected chi connectivity index (χ1v) is 10.5. The molecule has 0 atom stereocenters. The van der Waals surface area contributed by atoms with Gasteiger partial charge in [0.05, 0.1) is 27.5 Å². The number of thioether (sulfide) groups is 1. The van der Waals surface area contributed by atoms with Gasteiger partial charge in [-0.15, -0.1) is 0 Å². The zero-order chi connectivity index (χ0) is 19.9. The average Bonchev–Trinajstić information content (AvgIpc) is 2.65. The fraction of sp³-hybridized carbons (Fsp3) is 0.250. The summed E-state index contributed by atoms with van der Waals surface area (Å²) < 4.78 is 0. The molecule has 28 heavy (non-hydrogen) atoms. The molecule has 2 aromatic carbocycles. The highest BCUT2D eigenvalue weighted by atomic mass is 32.2. The number of hydrogen-bond acceptors (Lipinski definition) is 3. The summed E-state index contributed by atoms with van der Waals surface area (Å²) in [5.74, 6) is 0.454. The van der Waals surface area contributed by atoms with E-state index in [1.54, 1.807) is 0 Å². The topological polar surface area (TPSA) is 33.2 Å². The maximum absolute atomic E-state index is 13.3. The zero-order valence-corrected chi connectivity index (χ0v) is 17.5. The van der Waals surface area contributed by atoms with E-state index < -0.39 is 0 Å². The summed E-state index contributed by atoms with van der Waals surface area (Å²) in [7, 11) is 0. The van der Waals surface area contributed by atoms with Gasteiger partial charge in [0.1, 0.15) is 0 Å². The van der Waals surface area contributed by atoms with Crippen molar-refractivity contribution < 1.29 is 4.79 Å². The lowest BCUT2D eigenvalue weighted by molar-refractivity contribution is -0.116. The molecule has 0 spiro atoms. The molecule has 1 aliphatic rings. The summed E-state index contributed by atoms with van der Waals surface area (Å²) in [6, 6.07) is 18.4. The molecule has 3 aromatic rings. The minimum atomic E-state index is -0.362. The number of aryl methyl sites for hydroxylation is 1. The molecule has 1 aliphatic heterocycles. The van der Waals surface area contributed by atoms with Gasteiger partial charge in [-0.3, -0.25) is 4.79 Å². The summed E-state index contributed by atoms with van der Waals surface area (Å²) in [6.45, 7) is 8.38. The van der Waals surface area contributed by atoms with Crippen LogP contribution >= 0.6 is 11.8 Å². The van der Waals surface area contributed by atoms with Crippen LogP contribution in [0.1, 0.15) is 31.9 Å². The molecular weight excluding hydrogens is 364 g/mol. The number of para-hydroxylation sites is 1. The Balaban J connectivity index is 1.60. The molecular formula is C24H24N2OS. The molecule has 0 bridgehead atoms. The van der Waals surface area contributed by atoms with Crippen molar-refractivity contribution in [2.75, 3.05) is 10.7 Å². The minimum Gasteiger partial charge on any atom is -0.302 e. The number of anilines is 1. The normalized spacial score (nSPS) is 15.3. The summed E-state index contributed by atoms with van der Waals surface area (Å²) in [5, 5.41) is 1.98. The van der Waals surface area contributed by atoms with Gasteiger partial charge in [0.2, 0.25) is 5.91 Å². The number of carbonyl (C=O) groups excluding carboxylic acids is 1. The highest BCUT2D eigenvalue weighted by Crippen LogP contribution is 2.40. The second-order valence-electron chi connectivity index (χ2n) is 7.86. The predicted molar refractivity (Wildman–Crippen MR) is 119 cm³/mol. The van der Waals surface area contributed by atoms with Gasteiger partial charge >= 0.3 is 0 Å². The van der Waals surface area contributed by atoms with E-state index in [2.05, 4.69) is 63.0 Å². The largest absolute Gasteiger partial charge is 0.302 e. The van der Waals surface area contributed by atoms with Gasteiger partial charge in [0, 0.05) is 10.9 Å². The van der Waals surface area contributed by atoms with Crippen LogP contribution in [0.15, 0.2) is 65.7 Å². The molecule has 2 heterocycles. The Labute approximate surface area is 170 Å². The second-order valence-corrected chi connectivity index (χ2v) is 8.86. The van der Waals surface area contributed by atoms with Crippen LogP contribution in [-0.4, -0.2) is 22.2 Å². The molecule has 0 saturated carbocycles. The standard InChI is InChI=1S/C24H24N2OS/c1-16-9-11-19-17(2)14-24(3,4)26(21(19)13-16)23(27)15-28-22-12-10-18-7-5-6-8-20(18)25-22/h5-14H,15H2,1-4H3. The first-order valence-electron chi connectivity index (χ1n) is 9.47. The summed E-state index contributed by atoms with van der Waals surface area (Å²) in [4.78, 5) is 19.9. The molecule has 0 fully saturated rings. The highest BCUT2D eigenvalue weighted by molar-refractivity contribution is 7.99. The van der Waals surface area contributed by atoms with Gasteiger partial charge in [-0.25, -0.2) is 4.98 Å². The van der Waals surface area contributed by atoms with Crippen molar-refractivity contribution in [1.29, 1.82) is 0 Å². The minimum absolute atomic E-state index is 0.0977. The van der Waals surface area contributed by atoms with E-state index in [1.165, 1.54) is 17.3 Å². The molecule has 4 rings (SSSR count). The molecule has 1 amide bonds. The molecule has 0 aliphatic carbocycles. The maximum Gasteiger partial charge on any atom is 0.238 e. The number of rotatable bonds is 3. The lowest BCUT2D eigenvalue weighted by Gasteiger charge is -2.41. The number of aromatic nitrogens is 1. The van der Waals surface area contributed by atoms with Gasteiger partial charge in [-0.05, 0) is 57.0 Å². The van der Waals surface area contributed by atoms with Gasteiger partial charge in [-0.2, -0.15) is 0 Å². The SMILES string of the molecule is CC1=CC(C)(C)N(C(=O)CSc2ccc3ccccc3n2)c2cc(C)ccc21. The second kappa shape index (κ2) is 7.10. The molecule has 1 aromatic heterocycles. The van der Waals surface area contributed by atoms with E-state index in [1.807, 2.05) is 35.2 Å². The predicted octanol–water partition coefficient (Wildman–Crippen LogP) is 5.86. The van der Waals surface area contributed by atoms with Crippen molar-refractivity contribution in [3.8, 4) is 0 Å². The molecule has 0 saturated heterocycles. The quantitative estimate of drug-likeness (QED) is 0.527. The maximum atomic E-state index is 13.3. The Hall–Kier alpha value is -2.59. The van der Waals surface area contributed by atoms with Gasteiger partial charge in [0.25, 0.3) is 0 Å². The van der Waals surface area contributed by atoms with Crippen molar-refractivity contribution in [3.63, 3.8) is 0 Å². The monoisotopic (exact) mass is 388 g/mol. The van der Waals surface area contributed by atoms with Crippen molar-refractivity contribution in [3.05, 3.63) is 71.8 Å². The van der Waals surface area contributed by atoms with Crippen LogP contribution in [0.5, 0.6) is 0 Å². The fourth-order valence-electron chi connectivity index (χ4n) is 3.93. The summed E-state index contributed by atoms with van der Waals surface area (Å²) in [6.07, 6.45) is 2.18. The zero-order valence-electron chi connectivity index (χ0n) is 16.7. The van der Waals surface area contributed by atoms with Crippen LogP contribution in [0.3, 0.4) is 0 Å². The number of fused-ring (bicyclic) bond motifs is 2. The van der Waals surface area contributed by atoms with Crippen LogP contribution in [0.25, 0.3) is 16.5 Å². The van der Waals surface area contributed by atoms with Crippen LogP contribution in [0.2, 0.25) is 0 Å². The molecule has 0 radical (unpaired) electrons. The van der Waals surface area contributed by atoms with Crippen LogP contribution < -0.4 is 4.90 Å². The third-order valence-electron chi connectivity index (χ3n) is 5.13. The van der Waals surface area contributed by atoms with E-state index in [0.29, 0.717) is 5.75 Å². The third-order valence-corrected chi connectivity index (χ3v) is 6.05. The molecule has 4 heteroatoms. The van der Waals surface area contributed by atoms with Crippen molar-refractivity contribution in [2.24, 2.45) is 0 Å². The number of allylic oxidation sites excluding steroid dienone is 1. The lowest BCUT2D eigenvalue weighted by atomic mass is 9.88.